The first kappa shape index (κ1) is 19.6. The van der Waals surface area contributed by atoms with Crippen LogP contribution in [0.2, 0.25) is 0 Å². The largest absolute Gasteiger partial charge is 0.477 e. The van der Waals surface area contributed by atoms with Crippen LogP contribution in [0.15, 0.2) is 18.3 Å². The lowest BCUT2D eigenvalue weighted by molar-refractivity contribution is -0.188. The molecule has 2 saturated carbocycles. The van der Waals surface area contributed by atoms with E-state index in [0.29, 0.717) is 5.56 Å². The topological polar surface area (TPSA) is 63.2 Å². The van der Waals surface area contributed by atoms with Crippen molar-refractivity contribution in [2.75, 3.05) is 13.2 Å². The molecule has 2 amide bonds. The molecule has 0 spiro atoms. The van der Waals surface area contributed by atoms with Crippen molar-refractivity contribution in [1.82, 2.24) is 15.6 Å². The van der Waals surface area contributed by atoms with Crippen molar-refractivity contribution in [3.63, 3.8) is 0 Å². The van der Waals surface area contributed by atoms with Gasteiger partial charge in [0.05, 0.1) is 17.9 Å². The maximum atomic E-state index is 12.8. The summed E-state index contributed by atoms with van der Waals surface area (Å²) < 4.78 is 69.3. The fraction of sp³-hybridized carbons (Fsp3) is 0.647. The molecule has 1 atom stereocenters. The van der Waals surface area contributed by atoms with Gasteiger partial charge in [-0.15, -0.1) is 0 Å². The first-order valence-corrected chi connectivity index (χ1v) is 8.65. The number of rotatable bonds is 8. The van der Waals surface area contributed by atoms with Gasteiger partial charge in [0.1, 0.15) is 0 Å². The highest BCUT2D eigenvalue weighted by Gasteiger charge is 2.62. The number of hydrogen-bond donors (Lipinski definition) is 2. The number of carbonyl (C=O) groups is 1. The number of hydrogen-bond acceptors (Lipinski definition) is 3. The average molecular weight is 393 g/mol. The van der Waals surface area contributed by atoms with Crippen LogP contribution in [-0.2, 0) is 6.54 Å². The van der Waals surface area contributed by atoms with Gasteiger partial charge in [-0.2, -0.15) is 13.2 Å². The van der Waals surface area contributed by atoms with Gasteiger partial charge in [-0.05, 0) is 30.9 Å². The Balaban J connectivity index is 1.37. The zero-order chi connectivity index (χ0) is 19.7. The van der Waals surface area contributed by atoms with Crippen LogP contribution in [0.1, 0.15) is 31.2 Å². The molecule has 5 nitrogen and oxygen atoms in total. The van der Waals surface area contributed by atoms with E-state index in [2.05, 4.69) is 15.6 Å². The smallest absolute Gasteiger partial charge is 0.394 e. The molecule has 1 aromatic heterocycles. The van der Waals surface area contributed by atoms with Crippen LogP contribution < -0.4 is 15.4 Å². The van der Waals surface area contributed by atoms with Gasteiger partial charge in [-0.3, -0.25) is 0 Å². The Labute approximate surface area is 152 Å². The molecule has 1 aromatic rings. The summed E-state index contributed by atoms with van der Waals surface area (Å²) in [6, 6.07) is 2.55. The Hall–Kier alpha value is -2.13. The van der Waals surface area contributed by atoms with E-state index < -0.39 is 29.5 Å². The normalized spacial score (nSPS) is 22.0. The quantitative estimate of drug-likeness (QED) is 0.663. The molecule has 1 unspecified atom stereocenters. The zero-order valence-corrected chi connectivity index (χ0v) is 14.4. The van der Waals surface area contributed by atoms with E-state index in [1.807, 2.05) is 0 Å². The predicted molar refractivity (Wildman–Crippen MR) is 85.4 cm³/mol. The van der Waals surface area contributed by atoms with Crippen LogP contribution in [0.3, 0.4) is 0 Å². The van der Waals surface area contributed by atoms with Crippen molar-refractivity contribution >= 4 is 6.03 Å². The van der Waals surface area contributed by atoms with E-state index in [0.717, 1.165) is 0 Å². The van der Waals surface area contributed by atoms with Crippen molar-refractivity contribution in [3.05, 3.63) is 23.9 Å². The minimum atomic E-state index is -4.23. The van der Waals surface area contributed by atoms with Gasteiger partial charge in [0, 0.05) is 31.8 Å². The van der Waals surface area contributed by atoms with Crippen LogP contribution in [0.5, 0.6) is 5.88 Å². The predicted octanol–water partition coefficient (Wildman–Crippen LogP) is 3.65. The number of nitrogens with one attached hydrogen (secondary N) is 2. The number of pyridine rings is 1. The first-order chi connectivity index (χ1) is 12.6. The lowest BCUT2D eigenvalue weighted by Crippen LogP contribution is -2.37. The molecule has 0 radical (unpaired) electrons. The molecule has 27 heavy (non-hydrogen) atoms. The highest BCUT2D eigenvalue weighted by atomic mass is 19.4. The van der Waals surface area contributed by atoms with Gasteiger partial charge < -0.3 is 15.4 Å². The Morgan fingerprint density at radius 2 is 2.00 bits per heavy atom. The third-order valence-electron chi connectivity index (χ3n) is 4.98. The number of amides is 2. The molecule has 2 aliphatic carbocycles. The van der Waals surface area contributed by atoms with Gasteiger partial charge in [0.25, 0.3) is 5.92 Å². The molecule has 150 valence electrons. The molecule has 0 aliphatic heterocycles. The third kappa shape index (κ3) is 4.98. The fourth-order valence-electron chi connectivity index (χ4n) is 2.76. The second-order valence-corrected chi connectivity index (χ2v) is 7.11. The molecule has 0 saturated heterocycles. The van der Waals surface area contributed by atoms with Gasteiger partial charge in [-0.25, -0.2) is 18.6 Å². The van der Waals surface area contributed by atoms with Crippen molar-refractivity contribution < 1.29 is 31.5 Å². The number of halogens is 5. The summed E-state index contributed by atoms with van der Waals surface area (Å²) in [5.41, 5.74) is -1.01. The lowest BCUT2D eigenvalue weighted by Gasteiger charge is -2.19. The molecule has 1 heterocycles. The molecule has 2 N–H and O–H groups in total. The van der Waals surface area contributed by atoms with Gasteiger partial charge >= 0.3 is 12.2 Å². The van der Waals surface area contributed by atoms with Crippen LogP contribution in [0.4, 0.5) is 26.7 Å². The summed E-state index contributed by atoms with van der Waals surface area (Å²) in [4.78, 5) is 15.6. The zero-order valence-electron chi connectivity index (χ0n) is 14.4. The summed E-state index contributed by atoms with van der Waals surface area (Å²) in [6.07, 6.45) is -2.93. The average Bonchev–Trinajstić information content (AvgIpc) is 3.48. The molecule has 0 aromatic carbocycles. The first-order valence-electron chi connectivity index (χ1n) is 8.65. The Kier molecular flexibility index (Phi) is 5.18. The summed E-state index contributed by atoms with van der Waals surface area (Å²) in [7, 11) is 0. The van der Waals surface area contributed by atoms with Crippen LogP contribution in [0, 0.1) is 11.3 Å². The molecular weight excluding hydrogens is 373 g/mol. The highest BCUT2D eigenvalue weighted by molar-refractivity contribution is 5.73. The van der Waals surface area contributed by atoms with Crippen LogP contribution >= 0.6 is 0 Å². The SMILES string of the molecule is O=C(NCCC1(C(F)(F)F)CC1)NCc1ccnc(OCC2CC2(F)F)c1. The van der Waals surface area contributed by atoms with Gasteiger partial charge in [0.2, 0.25) is 5.88 Å². The van der Waals surface area contributed by atoms with E-state index in [1.54, 1.807) is 6.07 Å². The maximum Gasteiger partial charge on any atom is 0.394 e. The van der Waals surface area contributed by atoms with E-state index >= 15 is 0 Å². The Morgan fingerprint density at radius 3 is 2.59 bits per heavy atom. The number of carbonyl (C=O) groups excluding carboxylic acids is 1. The minimum Gasteiger partial charge on any atom is -0.477 e. The highest BCUT2D eigenvalue weighted by Crippen LogP contribution is 2.59. The molecule has 10 heteroatoms. The molecule has 0 bridgehead atoms. The number of nitrogens with zero attached hydrogens (tertiary/aromatic N) is 1. The fourth-order valence-corrected chi connectivity index (χ4v) is 2.76. The summed E-state index contributed by atoms with van der Waals surface area (Å²) in [5, 5.41) is 4.94. The van der Waals surface area contributed by atoms with Crippen LogP contribution in [-0.4, -0.2) is 36.3 Å². The van der Waals surface area contributed by atoms with Crippen molar-refractivity contribution in [2.45, 2.75) is 44.3 Å². The van der Waals surface area contributed by atoms with E-state index in [-0.39, 0.29) is 51.3 Å². The summed E-state index contributed by atoms with van der Waals surface area (Å²) in [6.45, 7) is -0.0846. The maximum absolute atomic E-state index is 12.8. The van der Waals surface area contributed by atoms with Crippen molar-refractivity contribution in [3.8, 4) is 5.88 Å². The van der Waals surface area contributed by atoms with Crippen molar-refractivity contribution in [1.29, 1.82) is 0 Å². The molecule has 3 rings (SSSR count). The standard InChI is InChI=1S/C17H20F5N3O2/c18-16(19)8-12(16)10-27-13-7-11(1-5-23-13)9-25-14(26)24-6-4-15(2-3-15)17(20,21)22/h1,5,7,12H,2-4,6,8-10H2,(H2,24,25,26). The molecule has 2 fully saturated rings. The van der Waals surface area contributed by atoms with E-state index in [4.69, 9.17) is 4.74 Å². The van der Waals surface area contributed by atoms with Crippen LogP contribution in [0.25, 0.3) is 0 Å². The second kappa shape index (κ2) is 7.12. The van der Waals surface area contributed by atoms with Crippen molar-refractivity contribution in [2.24, 2.45) is 11.3 Å². The number of alkyl halides is 5. The lowest BCUT2D eigenvalue weighted by atomic mass is 10.0. The van der Waals surface area contributed by atoms with Gasteiger partial charge in [0.15, 0.2) is 0 Å². The number of urea groups is 1. The minimum absolute atomic E-state index is 0.0638. The summed E-state index contributed by atoms with van der Waals surface area (Å²) >= 11 is 0. The monoisotopic (exact) mass is 393 g/mol. The number of aromatic nitrogens is 1. The van der Waals surface area contributed by atoms with E-state index in [1.165, 1.54) is 12.3 Å². The molecular formula is C17H20F5N3O2. The molecule has 2 aliphatic rings. The third-order valence-corrected chi connectivity index (χ3v) is 4.98. The summed E-state index contributed by atoms with van der Waals surface area (Å²) in [5.74, 6) is -3.28. The number of ether oxygens (including phenoxy) is 1. The Morgan fingerprint density at radius 1 is 1.30 bits per heavy atom. The Bertz CT molecular complexity index is 691. The van der Waals surface area contributed by atoms with E-state index in [9.17, 15) is 26.7 Å². The second-order valence-electron chi connectivity index (χ2n) is 7.11. The van der Waals surface area contributed by atoms with Gasteiger partial charge in [-0.1, -0.05) is 0 Å².